The van der Waals surface area contributed by atoms with Crippen LogP contribution in [0.25, 0.3) is 0 Å². The molecule has 0 aromatic carbocycles. The second-order valence-electron chi connectivity index (χ2n) is 17.8. The van der Waals surface area contributed by atoms with Gasteiger partial charge >= 0.3 is 0 Å². The average Bonchev–Trinajstić information content (AvgIpc) is 3.43. The fourth-order valence-corrected chi connectivity index (χ4v) is 11.1. The van der Waals surface area contributed by atoms with E-state index in [4.69, 9.17) is 25.7 Å². The van der Waals surface area contributed by atoms with Crippen LogP contribution in [-0.2, 0) is 14.2 Å². The van der Waals surface area contributed by atoms with Crippen LogP contribution in [-0.4, -0.2) is 51.1 Å². The van der Waals surface area contributed by atoms with Gasteiger partial charge in [-0.1, -0.05) is 105 Å². The van der Waals surface area contributed by atoms with Crippen LogP contribution in [0.3, 0.4) is 0 Å². The van der Waals surface area contributed by atoms with Crippen molar-refractivity contribution in [1.82, 2.24) is 0 Å². The van der Waals surface area contributed by atoms with Gasteiger partial charge < -0.3 is 25.7 Å². The second kappa shape index (κ2) is 20.2. The molecule has 0 aliphatic heterocycles. The quantitative estimate of drug-likeness (QED) is 0.0483. The molecule has 0 aromatic rings. The lowest BCUT2D eigenvalue weighted by molar-refractivity contribution is -0.0646. The van der Waals surface area contributed by atoms with Gasteiger partial charge in [0.15, 0.2) is 5.96 Å². The summed E-state index contributed by atoms with van der Waals surface area (Å²) in [6.45, 7) is 18.2. The summed E-state index contributed by atoms with van der Waals surface area (Å²) in [5.74, 6) is 5.47. The maximum Gasteiger partial charge on any atom is 0.186 e. The Labute approximate surface area is 302 Å². The minimum absolute atomic E-state index is 0.105. The highest BCUT2D eigenvalue weighted by Crippen LogP contribution is 2.67. The summed E-state index contributed by atoms with van der Waals surface area (Å²) in [5, 5.41) is 0. The van der Waals surface area contributed by atoms with E-state index in [1.54, 1.807) is 5.57 Å². The molecule has 0 heterocycles. The first-order chi connectivity index (χ1) is 23.6. The molecule has 0 saturated heterocycles. The Morgan fingerprint density at radius 2 is 1.61 bits per heavy atom. The molecule has 4 aliphatic carbocycles. The van der Waals surface area contributed by atoms with Gasteiger partial charge in [0.05, 0.1) is 19.3 Å². The molecule has 49 heavy (non-hydrogen) atoms. The molecule has 6 heteroatoms. The number of allylic oxidation sites excluding steroid dienone is 1. The molecule has 3 saturated carbocycles. The summed E-state index contributed by atoms with van der Waals surface area (Å²) >= 11 is 0. The van der Waals surface area contributed by atoms with Gasteiger partial charge in [0, 0.05) is 19.8 Å². The molecule has 4 aliphatic rings. The van der Waals surface area contributed by atoms with Gasteiger partial charge in [-0.25, -0.2) is 0 Å². The summed E-state index contributed by atoms with van der Waals surface area (Å²) in [4.78, 5) is 4.19. The maximum atomic E-state index is 6.52. The van der Waals surface area contributed by atoms with Gasteiger partial charge in [0.25, 0.3) is 0 Å². The molecule has 0 radical (unpaired) electrons. The van der Waals surface area contributed by atoms with Crippen molar-refractivity contribution in [1.29, 1.82) is 0 Å². The Bertz CT molecular complexity index is 1010. The zero-order chi connectivity index (χ0) is 35.3. The number of fused-ring (bicyclic) bond motifs is 5. The third kappa shape index (κ3) is 11.4. The van der Waals surface area contributed by atoms with Crippen molar-refractivity contribution in [2.75, 3.05) is 33.0 Å². The van der Waals surface area contributed by atoms with E-state index in [0.29, 0.717) is 36.7 Å². The van der Waals surface area contributed by atoms with Crippen molar-refractivity contribution in [2.24, 2.45) is 62.8 Å². The maximum absolute atomic E-state index is 6.52. The van der Waals surface area contributed by atoms with Crippen LogP contribution in [0.5, 0.6) is 0 Å². The lowest BCUT2D eigenvalue weighted by atomic mass is 9.47. The van der Waals surface area contributed by atoms with Crippen LogP contribution >= 0.6 is 0 Å². The Kier molecular flexibility index (Phi) is 16.8. The van der Waals surface area contributed by atoms with Crippen molar-refractivity contribution >= 4 is 5.96 Å². The molecule has 9 atom stereocenters. The molecule has 284 valence electrons. The highest BCUT2D eigenvalue weighted by molar-refractivity contribution is 5.75. The number of guanidine groups is 1. The minimum Gasteiger partial charge on any atom is -0.379 e. The first kappa shape index (κ1) is 40.7. The first-order valence-corrected chi connectivity index (χ1v) is 21.1. The fraction of sp³-hybridized carbons (Fsp3) is 0.930. The van der Waals surface area contributed by atoms with E-state index in [1.807, 2.05) is 0 Å². The van der Waals surface area contributed by atoms with E-state index in [-0.39, 0.29) is 12.1 Å². The number of hydrogen-bond donors (Lipinski definition) is 2. The van der Waals surface area contributed by atoms with Crippen LogP contribution in [0, 0.1) is 46.3 Å². The zero-order valence-electron chi connectivity index (χ0n) is 33.0. The third-order valence-corrected chi connectivity index (χ3v) is 13.9. The number of rotatable bonds is 23. The van der Waals surface area contributed by atoms with Crippen LogP contribution in [0.4, 0.5) is 0 Å². The van der Waals surface area contributed by atoms with E-state index in [1.165, 1.54) is 96.3 Å². The summed E-state index contributed by atoms with van der Waals surface area (Å²) in [6.07, 6.45) is 27.6. The van der Waals surface area contributed by atoms with E-state index in [2.05, 4.69) is 52.6 Å². The van der Waals surface area contributed by atoms with E-state index < -0.39 is 0 Å². The number of aliphatic imine (C=N–C) groups is 1. The van der Waals surface area contributed by atoms with Crippen molar-refractivity contribution in [2.45, 2.75) is 176 Å². The highest BCUT2D eigenvalue weighted by Gasteiger charge is 2.59. The number of unbranched alkanes of at least 4 members (excludes halogenated alkanes) is 6. The van der Waals surface area contributed by atoms with Crippen molar-refractivity contribution < 1.29 is 14.2 Å². The van der Waals surface area contributed by atoms with Crippen molar-refractivity contribution in [3.05, 3.63) is 11.6 Å². The van der Waals surface area contributed by atoms with Gasteiger partial charge in [0.1, 0.15) is 6.10 Å². The Morgan fingerprint density at radius 1 is 0.857 bits per heavy atom. The normalized spacial score (nSPS) is 32.2. The standard InChI is InChI=1S/C43H79N3O3/c1-7-8-9-10-11-12-26-47-31-36(30-46-41(44)45)49-28-14-13-27-48-35-22-24-42(5)34(29-35)18-19-37-39-21-20-38(33(4)17-15-16-32(2)3)43(39,6)25-23-40(37)42/h18,32-33,35-40H,7-17,19-31H2,1-6H3,(H4,44,45,46)/t33-,35+,36-,37?,38-,39?,40?,42+,43-/m1/s1. The van der Waals surface area contributed by atoms with E-state index in [9.17, 15) is 0 Å². The molecule has 4 N–H and O–H groups in total. The molecular weight excluding hydrogens is 606 g/mol. The van der Waals surface area contributed by atoms with Crippen molar-refractivity contribution in [3.8, 4) is 0 Å². The summed E-state index contributed by atoms with van der Waals surface area (Å²) in [5.41, 5.74) is 13.9. The molecule has 0 amide bonds. The highest BCUT2D eigenvalue weighted by atomic mass is 16.5. The van der Waals surface area contributed by atoms with Crippen LogP contribution in [0.2, 0.25) is 0 Å². The largest absolute Gasteiger partial charge is 0.379 e. The summed E-state index contributed by atoms with van der Waals surface area (Å²) < 4.78 is 18.6. The van der Waals surface area contributed by atoms with Crippen LogP contribution in [0.1, 0.15) is 164 Å². The Hall–Kier alpha value is -1.11. The van der Waals surface area contributed by atoms with Gasteiger partial charge in [0.2, 0.25) is 0 Å². The molecule has 4 rings (SSSR count). The monoisotopic (exact) mass is 686 g/mol. The van der Waals surface area contributed by atoms with Crippen molar-refractivity contribution in [3.63, 3.8) is 0 Å². The van der Waals surface area contributed by atoms with Gasteiger partial charge in [-0.3, -0.25) is 4.99 Å². The smallest absolute Gasteiger partial charge is 0.186 e. The molecule has 0 spiro atoms. The second-order valence-corrected chi connectivity index (χ2v) is 17.8. The zero-order valence-corrected chi connectivity index (χ0v) is 33.0. The molecule has 0 bridgehead atoms. The van der Waals surface area contributed by atoms with Crippen LogP contribution < -0.4 is 11.5 Å². The predicted octanol–water partition coefficient (Wildman–Crippen LogP) is 10.2. The molecular formula is C43H79N3O3. The van der Waals surface area contributed by atoms with Crippen LogP contribution in [0.15, 0.2) is 16.6 Å². The van der Waals surface area contributed by atoms with Gasteiger partial charge in [-0.15, -0.1) is 0 Å². The molecule has 3 fully saturated rings. The predicted molar refractivity (Wildman–Crippen MR) is 207 cm³/mol. The average molecular weight is 686 g/mol. The Balaban J connectivity index is 1.16. The summed E-state index contributed by atoms with van der Waals surface area (Å²) in [6, 6.07) is 0. The fourth-order valence-electron chi connectivity index (χ4n) is 11.1. The summed E-state index contributed by atoms with van der Waals surface area (Å²) in [7, 11) is 0. The Morgan fingerprint density at radius 3 is 2.39 bits per heavy atom. The molecule has 3 unspecified atom stereocenters. The van der Waals surface area contributed by atoms with E-state index >= 15 is 0 Å². The lowest BCUT2D eigenvalue weighted by Crippen LogP contribution is -2.51. The number of nitrogens with two attached hydrogens (primary N) is 2. The topological polar surface area (TPSA) is 92.1 Å². The van der Waals surface area contributed by atoms with Gasteiger partial charge in [-0.2, -0.15) is 0 Å². The number of hydrogen-bond acceptors (Lipinski definition) is 4. The molecule has 6 nitrogen and oxygen atoms in total. The number of ether oxygens (including phenoxy) is 3. The minimum atomic E-state index is -0.105. The van der Waals surface area contributed by atoms with E-state index in [0.717, 1.165) is 74.4 Å². The van der Waals surface area contributed by atoms with Gasteiger partial charge in [-0.05, 0) is 117 Å². The SMILES string of the molecule is CCCCCCCCOC[C@@H](CN=C(N)N)OCCCCO[C@H]1CC[C@@]2(C)C(=CCC3C2CC[C@@]2(C)C3CC[C@@H]2[C@H](C)CCCC(C)C)C1. The molecule has 0 aromatic heterocycles. The number of nitrogens with zero attached hydrogens (tertiary/aromatic N) is 1. The third-order valence-electron chi connectivity index (χ3n) is 13.9. The lowest BCUT2D eigenvalue weighted by Gasteiger charge is -2.58. The first-order valence-electron chi connectivity index (χ1n) is 21.1.